The highest BCUT2D eigenvalue weighted by Crippen LogP contribution is 2.36. The molecule has 3 rings (SSSR count). The Morgan fingerprint density at radius 3 is 2.16 bits per heavy atom. The molecule has 0 aliphatic rings. The van der Waals surface area contributed by atoms with E-state index in [1.807, 2.05) is 18.2 Å². The van der Waals surface area contributed by atoms with Crippen LogP contribution in [-0.4, -0.2) is 51.6 Å². The predicted octanol–water partition coefficient (Wildman–Crippen LogP) is 8.35. The van der Waals surface area contributed by atoms with Crippen LogP contribution in [0.3, 0.4) is 0 Å². The molecule has 1 heterocycles. The maximum atomic E-state index is 14.2. The van der Waals surface area contributed by atoms with E-state index in [-0.39, 0.29) is 11.2 Å². The lowest BCUT2D eigenvalue weighted by molar-refractivity contribution is 0.103. The zero-order valence-electron chi connectivity index (χ0n) is 27.3. The number of furan rings is 1. The number of carbonyl (C=O) groups is 1. The number of unbranched alkanes of at least 4 members (excludes halogenated alkanes) is 3. The highest BCUT2D eigenvalue weighted by Gasteiger charge is 2.26. The molecule has 1 N–H and O–H groups in total. The van der Waals surface area contributed by atoms with Crippen LogP contribution in [0.1, 0.15) is 114 Å². The van der Waals surface area contributed by atoms with E-state index in [9.17, 15) is 13.2 Å². The average Bonchev–Trinajstić information content (AvgIpc) is 3.30. The van der Waals surface area contributed by atoms with Crippen LogP contribution in [0.15, 0.2) is 40.8 Å². The minimum absolute atomic E-state index is 0.138. The van der Waals surface area contributed by atoms with Gasteiger partial charge in [0.15, 0.2) is 5.78 Å². The number of hydrogen-bond donors (Lipinski definition) is 1. The van der Waals surface area contributed by atoms with Crippen molar-refractivity contribution in [2.45, 2.75) is 98.3 Å². The molecule has 7 nitrogen and oxygen atoms in total. The third-order valence-electron chi connectivity index (χ3n) is 7.63. The first-order chi connectivity index (χ1) is 20.4. The molecule has 0 radical (unpaired) electrons. The van der Waals surface area contributed by atoms with Crippen LogP contribution in [0.5, 0.6) is 5.75 Å². The van der Waals surface area contributed by atoms with Crippen molar-refractivity contribution in [3.8, 4) is 5.75 Å². The van der Waals surface area contributed by atoms with Crippen LogP contribution in [-0.2, 0) is 21.9 Å². The minimum atomic E-state index is -3.47. The number of nitrogens with zero attached hydrogens (tertiary/aromatic N) is 1. The largest absolute Gasteiger partial charge is 0.493 e. The van der Waals surface area contributed by atoms with Gasteiger partial charge >= 0.3 is 0 Å². The maximum Gasteiger partial charge on any atom is 0.229 e. The Kier molecular flexibility index (Phi) is 12.7. The number of hydrogen-bond acceptors (Lipinski definition) is 6. The molecule has 238 valence electrons. The van der Waals surface area contributed by atoms with Crippen LogP contribution in [0, 0.1) is 0 Å². The van der Waals surface area contributed by atoms with E-state index in [1.54, 1.807) is 18.2 Å². The molecule has 0 amide bonds. The quantitative estimate of drug-likeness (QED) is 0.115. The summed E-state index contributed by atoms with van der Waals surface area (Å²) in [5.74, 6) is 1.30. The standard InChI is InChI=1S/C35H52N2O5S/c1-8-11-15-32-33(28-25-27(36-43(7,39)40)17-19-30(28)42-32)34(38)26-16-18-31(29(24-26)35(4,5)6)41-23-14-22-37(20-12-9-2)21-13-10-3/h16-19,24-25,36H,8-15,20-23H2,1-7H3. The van der Waals surface area contributed by atoms with Crippen molar-refractivity contribution in [2.75, 3.05) is 37.2 Å². The summed E-state index contributed by atoms with van der Waals surface area (Å²) >= 11 is 0. The number of benzene rings is 2. The van der Waals surface area contributed by atoms with Crippen molar-refractivity contribution in [2.24, 2.45) is 0 Å². The average molecular weight is 613 g/mol. The maximum absolute atomic E-state index is 14.2. The summed E-state index contributed by atoms with van der Waals surface area (Å²) in [5, 5.41) is 0.609. The van der Waals surface area contributed by atoms with Crippen LogP contribution < -0.4 is 9.46 Å². The summed E-state index contributed by atoms with van der Waals surface area (Å²) in [6.45, 7) is 16.9. The van der Waals surface area contributed by atoms with Gasteiger partial charge < -0.3 is 14.1 Å². The van der Waals surface area contributed by atoms with Gasteiger partial charge in [-0.2, -0.15) is 0 Å². The third-order valence-corrected chi connectivity index (χ3v) is 8.24. The van der Waals surface area contributed by atoms with Crippen LogP contribution in [0.4, 0.5) is 5.69 Å². The van der Waals surface area contributed by atoms with Gasteiger partial charge in [0.1, 0.15) is 17.1 Å². The number of ketones is 1. The molecule has 0 saturated heterocycles. The van der Waals surface area contributed by atoms with Crippen molar-refractivity contribution >= 4 is 32.5 Å². The smallest absolute Gasteiger partial charge is 0.229 e. The summed E-state index contributed by atoms with van der Waals surface area (Å²) in [6.07, 6.45) is 9.36. The minimum Gasteiger partial charge on any atom is -0.493 e. The normalized spacial score (nSPS) is 12.3. The molecule has 43 heavy (non-hydrogen) atoms. The number of anilines is 1. The molecule has 0 bridgehead atoms. The Morgan fingerprint density at radius 1 is 0.907 bits per heavy atom. The van der Waals surface area contributed by atoms with E-state index in [0.29, 0.717) is 46.6 Å². The second kappa shape index (κ2) is 15.8. The molecular formula is C35H52N2O5S. The Bertz CT molecular complexity index is 1440. The van der Waals surface area contributed by atoms with E-state index in [2.05, 4.69) is 51.2 Å². The zero-order chi connectivity index (χ0) is 31.6. The summed E-state index contributed by atoms with van der Waals surface area (Å²) in [5.41, 5.74) is 2.76. The lowest BCUT2D eigenvalue weighted by atomic mass is 9.84. The van der Waals surface area contributed by atoms with Gasteiger partial charge in [0, 0.05) is 35.2 Å². The molecule has 0 atom stereocenters. The summed E-state index contributed by atoms with van der Waals surface area (Å²) < 4.78 is 38.8. The van der Waals surface area contributed by atoms with Crippen molar-refractivity contribution < 1.29 is 22.4 Å². The highest BCUT2D eigenvalue weighted by atomic mass is 32.2. The van der Waals surface area contributed by atoms with E-state index < -0.39 is 10.0 Å². The number of sulfonamides is 1. The van der Waals surface area contributed by atoms with Crippen molar-refractivity contribution in [1.82, 2.24) is 4.90 Å². The van der Waals surface area contributed by atoms with Crippen LogP contribution >= 0.6 is 0 Å². The van der Waals surface area contributed by atoms with Gasteiger partial charge in [0.25, 0.3) is 0 Å². The fraction of sp³-hybridized carbons (Fsp3) is 0.571. The van der Waals surface area contributed by atoms with Gasteiger partial charge in [-0.25, -0.2) is 8.42 Å². The molecule has 1 aromatic heterocycles. The molecule has 0 aliphatic heterocycles. The second-order valence-corrected chi connectivity index (χ2v) is 14.4. The summed E-state index contributed by atoms with van der Waals surface area (Å²) in [7, 11) is -3.47. The molecule has 8 heteroatoms. The zero-order valence-corrected chi connectivity index (χ0v) is 28.2. The molecule has 3 aromatic rings. The third kappa shape index (κ3) is 10.1. The molecule has 0 aliphatic carbocycles. The number of nitrogens with one attached hydrogen (secondary N) is 1. The van der Waals surface area contributed by atoms with Gasteiger partial charge in [-0.1, -0.05) is 60.8 Å². The predicted molar refractivity (Wildman–Crippen MR) is 178 cm³/mol. The Balaban J connectivity index is 1.89. The Hall–Kier alpha value is -2.84. The molecule has 0 saturated carbocycles. The van der Waals surface area contributed by atoms with E-state index in [4.69, 9.17) is 9.15 Å². The van der Waals surface area contributed by atoms with Gasteiger partial charge in [-0.15, -0.1) is 0 Å². The van der Waals surface area contributed by atoms with E-state index >= 15 is 0 Å². The summed E-state index contributed by atoms with van der Waals surface area (Å²) in [6, 6.07) is 10.8. The second-order valence-electron chi connectivity index (χ2n) is 12.6. The topological polar surface area (TPSA) is 88.8 Å². The van der Waals surface area contributed by atoms with Crippen molar-refractivity contribution in [3.63, 3.8) is 0 Å². The molecule has 2 aromatic carbocycles. The number of aryl methyl sites for hydroxylation is 1. The SMILES string of the molecule is CCCCc1oc2ccc(NS(C)(=O)=O)cc2c1C(=O)c1ccc(OCCCN(CCCC)CCCC)c(C(C)(C)C)c1. The van der Waals surface area contributed by atoms with Crippen molar-refractivity contribution in [1.29, 1.82) is 0 Å². The number of carbonyl (C=O) groups excluding carboxylic acids is 1. The van der Waals surface area contributed by atoms with Gasteiger partial charge in [-0.05, 0) is 80.6 Å². The van der Waals surface area contributed by atoms with E-state index in [1.165, 1.54) is 25.7 Å². The highest BCUT2D eigenvalue weighted by molar-refractivity contribution is 7.92. The fourth-order valence-electron chi connectivity index (χ4n) is 5.28. The van der Waals surface area contributed by atoms with E-state index in [0.717, 1.165) is 56.5 Å². The van der Waals surface area contributed by atoms with Crippen molar-refractivity contribution in [3.05, 3.63) is 58.8 Å². The first-order valence-electron chi connectivity index (χ1n) is 16.0. The molecule has 0 unspecified atom stereocenters. The molecule has 0 fully saturated rings. The monoisotopic (exact) mass is 612 g/mol. The van der Waals surface area contributed by atoms with Gasteiger partial charge in [0.05, 0.1) is 18.4 Å². The lowest BCUT2D eigenvalue weighted by Crippen LogP contribution is -2.28. The van der Waals surface area contributed by atoms with Crippen LogP contribution in [0.2, 0.25) is 0 Å². The van der Waals surface area contributed by atoms with Gasteiger partial charge in [-0.3, -0.25) is 9.52 Å². The number of fused-ring (bicyclic) bond motifs is 1. The molecular weight excluding hydrogens is 560 g/mol. The molecule has 0 spiro atoms. The van der Waals surface area contributed by atoms with Crippen LogP contribution in [0.25, 0.3) is 11.0 Å². The number of rotatable bonds is 18. The Morgan fingerprint density at radius 2 is 1.56 bits per heavy atom. The number of ether oxygens (including phenoxy) is 1. The first kappa shape index (κ1) is 34.6. The fourth-order valence-corrected chi connectivity index (χ4v) is 5.84. The lowest BCUT2D eigenvalue weighted by Gasteiger charge is -2.25. The Labute approximate surface area is 259 Å². The summed E-state index contributed by atoms with van der Waals surface area (Å²) in [4.78, 5) is 16.7. The van der Waals surface area contributed by atoms with Gasteiger partial charge in [0.2, 0.25) is 10.0 Å². The first-order valence-corrected chi connectivity index (χ1v) is 17.8.